The molecule has 0 saturated carbocycles. The minimum absolute atomic E-state index is 0.0321. The molecule has 116 valence electrons. The normalized spacial score (nSPS) is 12.0. The molecule has 0 amide bonds. The molecular formula is C14H15N3O4S. The van der Waals surface area contributed by atoms with E-state index in [0.29, 0.717) is 22.7 Å². The Bertz CT molecular complexity index is 777. The molecule has 2 aromatic rings. The molecule has 2 rings (SSSR count). The zero-order valence-electron chi connectivity index (χ0n) is 12.1. The topological polar surface area (TPSA) is 96.4 Å². The molecular weight excluding hydrogens is 306 g/mol. The lowest BCUT2D eigenvalue weighted by molar-refractivity contribution is 0.0515. The van der Waals surface area contributed by atoms with Gasteiger partial charge in [-0.25, -0.2) is 4.79 Å². The lowest BCUT2D eigenvalue weighted by Gasteiger charge is -2.01. The molecule has 0 atom stereocenters. The second kappa shape index (κ2) is 6.90. The van der Waals surface area contributed by atoms with Crippen LogP contribution < -0.4 is 4.80 Å². The largest absolute Gasteiger partial charge is 0.508 e. The van der Waals surface area contributed by atoms with Gasteiger partial charge in [-0.15, -0.1) is 16.4 Å². The summed E-state index contributed by atoms with van der Waals surface area (Å²) >= 11 is 1.25. The molecule has 0 saturated heterocycles. The fraction of sp³-hybridized carbons (Fsp3) is 0.214. The van der Waals surface area contributed by atoms with Gasteiger partial charge in [-0.2, -0.15) is 5.10 Å². The average molecular weight is 321 g/mol. The van der Waals surface area contributed by atoms with E-state index >= 15 is 0 Å². The highest BCUT2D eigenvalue weighted by Crippen LogP contribution is 2.20. The minimum Gasteiger partial charge on any atom is -0.508 e. The van der Waals surface area contributed by atoms with Crippen LogP contribution in [0.15, 0.2) is 33.8 Å². The molecule has 2 N–H and O–H groups in total. The molecule has 0 bridgehead atoms. The summed E-state index contributed by atoms with van der Waals surface area (Å²) in [6, 6.07) is 4.17. The van der Waals surface area contributed by atoms with Crippen LogP contribution in [-0.2, 0) is 11.8 Å². The Morgan fingerprint density at radius 1 is 1.45 bits per heavy atom. The van der Waals surface area contributed by atoms with Crippen LogP contribution in [0.3, 0.4) is 0 Å². The average Bonchev–Trinajstić information content (AvgIpc) is 2.83. The first-order chi connectivity index (χ1) is 10.5. The van der Waals surface area contributed by atoms with Crippen molar-refractivity contribution in [1.82, 2.24) is 4.57 Å². The van der Waals surface area contributed by atoms with E-state index in [1.165, 1.54) is 35.8 Å². The number of esters is 1. The third-order valence-corrected chi connectivity index (χ3v) is 3.67. The van der Waals surface area contributed by atoms with Crippen LogP contribution in [0.4, 0.5) is 0 Å². The van der Waals surface area contributed by atoms with E-state index in [1.54, 1.807) is 23.9 Å². The van der Waals surface area contributed by atoms with Crippen molar-refractivity contribution in [2.24, 2.45) is 17.3 Å². The molecule has 0 aliphatic heterocycles. The smallest absolute Gasteiger partial charge is 0.355 e. The van der Waals surface area contributed by atoms with E-state index in [9.17, 15) is 15.0 Å². The first-order valence-corrected chi connectivity index (χ1v) is 7.31. The zero-order chi connectivity index (χ0) is 16.1. The van der Waals surface area contributed by atoms with Crippen LogP contribution >= 0.6 is 11.3 Å². The van der Waals surface area contributed by atoms with Gasteiger partial charge in [0.25, 0.3) is 0 Å². The van der Waals surface area contributed by atoms with Crippen LogP contribution in [0, 0.1) is 0 Å². The Kier molecular flexibility index (Phi) is 4.95. The summed E-state index contributed by atoms with van der Waals surface area (Å²) in [5.41, 5.74) is 0.819. The van der Waals surface area contributed by atoms with Gasteiger partial charge in [0.05, 0.1) is 12.8 Å². The number of ether oxygens (including phenoxy) is 1. The summed E-state index contributed by atoms with van der Waals surface area (Å²) in [4.78, 5) is 12.2. The fourth-order valence-electron chi connectivity index (χ4n) is 1.63. The monoisotopic (exact) mass is 321 g/mol. The molecule has 0 radical (unpaired) electrons. The highest BCUT2D eigenvalue weighted by molar-refractivity contribution is 7.07. The number of thiazole rings is 1. The number of benzene rings is 1. The molecule has 0 spiro atoms. The van der Waals surface area contributed by atoms with Crippen LogP contribution in [0.25, 0.3) is 0 Å². The van der Waals surface area contributed by atoms with Crippen LogP contribution in [-0.4, -0.2) is 33.6 Å². The predicted molar refractivity (Wildman–Crippen MR) is 82.2 cm³/mol. The van der Waals surface area contributed by atoms with Crippen LogP contribution in [0.2, 0.25) is 0 Å². The third-order valence-electron chi connectivity index (χ3n) is 2.76. The van der Waals surface area contributed by atoms with Crippen molar-refractivity contribution in [3.63, 3.8) is 0 Å². The van der Waals surface area contributed by atoms with Crippen molar-refractivity contribution < 1.29 is 19.7 Å². The Morgan fingerprint density at radius 2 is 2.23 bits per heavy atom. The number of hydrogen-bond donors (Lipinski definition) is 2. The Labute approximate surface area is 130 Å². The molecule has 1 aromatic heterocycles. The Morgan fingerprint density at radius 3 is 2.91 bits per heavy atom. The first kappa shape index (κ1) is 15.8. The second-order valence-electron chi connectivity index (χ2n) is 4.27. The van der Waals surface area contributed by atoms with E-state index in [2.05, 4.69) is 10.2 Å². The maximum absolute atomic E-state index is 11.7. The number of nitrogens with zero attached hydrogens (tertiary/aromatic N) is 3. The van der Waals surface area contributed by atoms with Gasteiger partial charge in [0.15, 0.2) is 0 Å². The van der Waals surface area contributed by atoms with Crippen molar-refractivity contribution in [2.75, 3.05) is 6.61 Å². The van der Waals surface area contributed by atoms with Gasteiger partial charge in [0, 0.05) is 24.1 Å². The van der Waals surface area contributed by atoms with E-state index < -0.39 is 5.97 Å². The number of carbonyl (C=O) groups excluding carboxylic acids is 1. The molecule has 22 heavy (non-hydrogen) atoms. The van der Waals surface area contributed by atoms with Gasteiger partial charge in [-0.1, -0.05) is 0 Å². The van der Waals surface area contributed by atoms with Crippen LogP contribution in [0.1, 0.15) is 23.0 Å². The first-order valence-electron chi connectivity index (χ1n) is 6.43. The van der Waals surface area contributed by atoms with Crippen molar-refractivity contribution in [3.8, 4) is 11.5 Å². The summed E-state index contributed by atoms with van der Waals surface area (Å²) in [7, 11) is 1.69. The zero-order valence-corrected chi connectivity index (χ0v) is 12.9. The lowest BCUT2D eigenvalue weighted by Crippen LogP contribution is -2.17. The quantitative estimate of drug-likeness (QED) is 0.508. The fourth-order valence-corrected chi connectivity index (χ4v) is 2.45. The molecule has 1 aromatic carbocycles. The Balaban J connectivity index is 2.23. The van der Waals surface area contributed by atoms with Gasteiger partial charge in [-0.3, -0.25) is 0 Å². The maximum Gasteiger partial charge on any atom is 0.355 e. The van der Waals surface area contributed by atoms with E-state index in [-0.39, 0.29) is 11.5 Å². The standard InChI is InChI=1S/C14H15N3O4S/c1-3-21-13(20)11-8-22-14(17(11)2)16-15-7-9-4-5-10(18)6-12(9)19/h4-8,18-19H,3H2,1-2H3/b15-7+,16-14+. The van der Waals surface area contributed by atoms with Gasteiger partial charge >= 0.3 is 5.97 Å². The van der Waals surface area contributed by atoms with Gasteiger partial charge in [0.1, 0.15) is 17.2 Å². The van der Waals surface area contributed by atoms with Gasteiger partial charge in [0.2, 0.25) is 4.80 Å². The van der Waals surface area contributed by atoms with E-state index in [1.807, 2.05) is 0 Å². The van der Waals surface area contributed by atoms with Crippen molar-refractivity contribution >= 4 is 23.5 Å². The molecule has 1 heterocycles. The summed E-state index contributed by atoms with van der Waals surface area (Å²) in [6.07, 6.45) is 1.36. The highest BCUT2D eigenvalue weighted by Gasteiger charge is 2.11. The number of phenols is 2. The number of aromatic hydroxyl groups is 2. The van der Waals surface area contributed by atoms with E-state index in [0.717, 1.165) is 0 Å². The minimum atomic E-state index is -0.414. The predicted octanol–water partition coefficient (Wildman–Crippen LogP) is 1.61. The highest BCUT2D eigenvalue weighted by atomic mass is 32.1. The number of carbonyl (C=O) groups is 1. The second-order valence-corrected chi connectivity index (χ2v) is 5.11. The number of phenolic OH excluding ortho intramolecular Hbond substituents is 2. The molecule has 0 fully saturated rings. The van der Waals surface area contributed by atoms with Gasteiger partial charge < -0.3 is 19.5 Å². The summed E-state index contributed by atoms with van der Waals surface area (Å²) in [5, 5.41) is 28.3. The molecule has 0 unspecified atom stereocenters. The third kappa shape index (κ3) is 3.53. The summed E-state index contributed by atoms with van der Waals surface area (Å²) < 4.78 is 6.51. The number of rotatable bonds is 4. The SMILES string of the molecule is CCOC(=O)c1cs/c(=N/N=C/c2ccc(O)cc2O)n1C. The van der Waals surface area contributed by atoms with Crippen LogP contribution in [0.5, 0.6) is 11.5 Å². The van der Waals surface area contributed by atoms with Gasteiger partial charge in [-0.05, 0) is 19.1 Å². The number of aromatic nitrogens is 1. The lowest BCUT2D eigenvalue weighted by atomic mass is 10.2. The molecule has 8 heteroatoms. The van der Waals surface area contributed by atoms with E-state index in [4.69, 9.17) is 4.74 Å². The summed E-state index contributed by atoms with van der Waals surface area (Å²) in [5.74, 6) is -0.542. The molecule has 0 aliphatic carbocycles. The van der Waals surface area contributed by atoms with Crippen molar-refractivity contribution in [2.45, 2.75) is 6.92 Å². The molecule has 0 aliphatic rings. The Hall–Kier alpha value is -2.61. The maximum atomic E-state index is 11.7. The van der Waals surface area contributed by atoms with Crippen molar-refractivity contribution in [3.05, 3.63) is 39.6 Å². The number of hydrogen-bond acceptors (Lipinski definition) is 7. The van der Waals surface area contributed by atoms with Crippen molar-refractivity contribution in [1.29, 1.82) is 0 Å². The molecule has 7 nitrogen and oxygen atoms in total. The summed E-state index contributed by atoms with van der Waals surface area (Å²) in [6.45, 7) is 2.05.